The number of hydrogen-bond donors (Lipinski definition) is 2. The fourth-order valence-electron chi connectivity index (χ4n) is 1.38. The first kappa shape index (κ1) is 14.1. The predicted molar refractivity (Wildman–Crippen MR) is 68.5 cm³/mol. The molecule has 0 saturated heterocycles. The second-order valence-corrected chi connectivity index (χ2v) is 3.84. The van der Waals surface area contributed by atoms with E-state index in [1.807, 2.05) is 7.05 Å². The fourth-order valence-corrected chi connectivity index (χ4v) is 1.38. The quantitative estimate of drug-likeness (QED) is 0.754. The molecule has 0 unspecified atom stereocenters. The first-order chi connectivity index (χ1) is 8.60. The molecule has 6 heteroatoms. The first-order valence-corrected chi connectivity index (χ1v) is 5.68. The van der Waals surface area contributed by atoms with Crippen LogP contribution in [0.1, 0.15) is 20.8 Å². The fraction of sp³-hybridized carbons (Fsp3) is 0.417. The summed E-state index contributed by atoms with van der Waals surface area (Å²) in [5.74, 6) is -0.376. The normalized spacial score (nSPS) is 9.94. The Hall–Kier alpha value is -1.95. The molecule has 0 spiro atoms. The molecule has 0 atom stereocenters. The lowest BCUT2D eigenvalue weighted by atomic mass is 10.2. The number of carbonyl (C=O) groups excluding carboxylic acids is 2. The highest BCUT2D eigenvalue weighted by atomic mass is 16.2. The van der Waals surface area contributed by atoms with Gasteiger partial charge in [0.2, 0.25) is 0 Å². The van der Waals surface area contributed by atoms with E-state index in [-0.39, 0.29) is 11.8 Å². The number of rotatable bonds is 5. The van der Waals surface area contributed by atoms with E-state index < -0.39 is 0 Å². The van der Waals surface area contributed by atoms with Crippen LogP contribution in [0.15, 0.2) is 18.3 Å². The average Bonchev–Trinajstić information content (AvgIpc) is 2.43. The first-order valence-electron chi connectivity index (χ1n) is 5.68. The van der Waals surface area contributed by atoms with Crippen molar-refractivity contribution in [2.45, 2.75) is 0 Å². The summed E-state index contributed by atoms with van der Waals surface area (Å²) in [6, 6.07) is 3.15. The number of amides is 2. The number of nitrogens with zero attached hydrogens (tertiary/aromatic N) is 2. The molecular formula is C12H18N4O2. The number of hydrogen-bond acceptors (Lipinski definition) is 4. The molecule has 0 fully saturated rings. The maximum Gasteiger partial charge on any atom is 0.269 e. The maximum absolute atomic E-state index is 12.0. The van der Waals surface area contributed by atoms with Crippen molar-refractivity contribution in [2.24, 2.45) is 0 Å². The molecule has 1 heterocycles. The van der Waals surface area contributed by atoms with E-state index in [9.17, 15) is 9.59 Å². The molecule has 6 nitrogen and oxygen atoms in total. The van der Waals surface area contributed by atoms with Crippen LogP contribution in [0.5, 0.6) is 0 Å². The van der Waals surface area contributed by atoms with E-state index in [1.54, 1.807) is 18.0 Å². The lowest BCUT2D eigenvalue weighted by Crippen LogP contribution is -2.32. The van der Waals surface area contributed by atoms with Crippen LogP contribution in [-0.2, 0) is 0 Å². The van der Waals surface area contributed by atoms with E-state index in [0.29, 0.717) is 17.8 Å². The van der Waals surface area contributed by atoms with Gasteiger partial charge in [-0.05, 0) is 19.2 Å². The molecule has 1 aromatic heterocycles. The van der Waals surface area contributed by atoms with E-state index in [0.717, 1.165) is 6.54 Å². The van der Waals surface area contributed by atoms with Gasteiger partial charge in [-0.1, -0.05) is 0 Å². The van der Waals surface area contributed by atoms with Crippen molar-refractivity contribution >= 4 is 11.8 Å². The number of pyridine rings is 1. The second-order valence-electron chi connectivity index (χ2n) is 3.84. The molecule has 0 aliphatic heterocycles. The van der Waals surface area contributed by atoms with Crippen molar-refractivity contribution in [1.29, 1.82) is 0 Å². The summed E-state index contributed by atoms with van der Waals surface area (Å²) in [6.07, 6.45) is 1.42. The van der Waals surface area contributed by atoms with Crippen molar-refractivity contribution in [2.75, 3.05) is 34.2 Å². The van der Waals surface area contributed by atoms with Gasteiger partial charge in [-0.15, -0.1) is 0 Å². The highest BCUT2D eigenvalue weighted by Crippen LogP contribution is 2.03. The van der Waals surface area contributed by atoms with Crippen molar-refractivity contribution in [3.05, 3.63) is 29.6 Å². The number of nitrogens with one attached hydrogen (secondary N) is 2. The molecule has 2 amide bonds. The summed E-state index contributed by atoms with van der Waals surface area (Å²) >= 11 is 0. The van der Waals surface area contributed by atoms with Crippen LogP contribution in [0.2, 0.25) is 0 Å². The highest BCUT2D eigenvalue weighted by molar-refractivity contribution is 5.96. The predicted octanol–water partition coefficient (Wildman–Crippen LogP) is -0.267. The number of aromatic nitrogens is 1. The van der Waals surface area contributed by atoms with Crippen LogP contribution in [0.3, 0.4) is 0 Å². The van der Waals surface area contributed by atoms with Gasteiger partial charge in [0.15, 0.2) is 0 Å². The van der Waals surface area contributed by atoms with Crippen molar-refractivity contribution < 1.29 is 9.59 Å². The Morgan fingerprint density at radius 1 is 1.33 bits per heavy atom. The van der Waals surface area contributed by atoms with Gasteiger partial charge in [-0.2, -0.15) is 0 Å². The van der Waals surface area contributed by atoms with Gasteiger partial charge >= 0.3 is 0 Å². The highest BCUT2D eigenvalue weighted by Gasteiger charge is 2.12. The molecule has 0 bridgehead atoms. The van der Waals surface area contributed by atoms with Gasteiger partial charge in [-0.3, -0.25) is 14.6 Å². The molecular weight excluding hydrogens is 232 g/mol. The third-order valence-corrected chi connectivity index (χ3v) is 2.51. The lowest BCUT2D eigenvalue weighted by Gasteiger charge is -2.16. The van der Waals surface area contributed by atoms with E-state index in [1.165, 1.54) is 19.3 Å². The second kappa shape index (κ2) is 6.70. The standard InChI is InChI=1S/C12H18N4O2/c1-13-6-7-16(3)12(18)9-4-5-10(15-8-9)11(17)14-2/h4-5,8,13H,6-7H2,1-3H3,(H,14,17). The van der Waals surface area contributed by atoms with E-state index in [4.69, 9.17) is 0 Å². The maximum atomic E-state index is 12.0. The minimum Gasteiger partial charge on any atom is -0.354 e. The summed E-state index contributed by atoms with van der Waals surface area (Å²) in [5, 5.41) is 5.45. The Kier molecular flexibility index (Phi) is 5.26. The van der Waals surface area contributed by atoms with Crippen molar-refractivity contribution in [1.82, 2.24) is 20.5 Å². The Labute approximate surface area is 106 Å². The Morgan fingerprint density at radius 3 is 2.56 bits per heavy atom. The summed E-state index contributed by atoms with van der Waals surface area (Å²) in [5.41, 5.74) is 0.771. The van der Waals surface area contributed by atoms with Crippen molar-refractivity contribution in [3.8, 4) is 0 Å². The Balaban J connectivity index is 2.72. The molecule has 1 aromatic rings. The van der Waals surface area contributed by atoms with Gasteiger partial charge in [-0.25, -0.2) is 0 Å². The minimum absolute atomic E-state index is 0.110. The van der Waals surface area contributed by atoms with Crippen LogP contribution in [0, 0.1) is 0 Å². The summed E-state index contributed by atoms with van der Waals surface area (Å²) in [4.78, 5) is 28.8. The zero-order chi connectivity index (χ0) is 13.5. The van der Waals surface area contributed by atoms with Gasteiger partial charge < -0.3 is 15.5 Å². The summed E-state index contributed by atoms with van der Waals surface area (Å²) in [6.45, 7) is 1.35. The Bertz CT molecular complexity index is 417. The summed E-state index contributed by atoms with van der Waals surface area (Å²) in [7, 11) is 5.10. The molecule has 2 N–H and O–H groups in total. The number of likely N-dealkylation sites (N-methyl/N-ethyl adjacent to an activating group) is 2. The van der Waals surface area contributed by atoms with Gasteiger partial charge in [0.1, 0.15) is 5.69 Å². The zero-order valence-electron chi connectivity index (χ0n) is 10.9. The zero-order valence-corrected chi connectivity index (χ0v) is 10.9. The van der Waals surface area contributed by atoms with Crippen LogP contribution >= 0.6 is 0 Å². The molecule has 98 valence electrons. The smallest absolute Gasteiger partial charge is 0.269 e. The summed E-state index contributed by atoms with van der Waals surface area (Å²) < 4.78 is 0. The third-order valence-electron chi connectivity index (χ3n) is 2.51. The number of carbonyl (C=O) groups is 2. The topological polar surface area (TPSA) is 74.3 Å². The largest absolute Gasteiger partial charge is 0.354 e. The lowest BCUT2D eigenvalue weighted by molar-refractivity contribution is 0.0795. The van der Waals surface area contributed by atoms with Crippen LogP contribution in [0.25, 0.3) is 0 Å². The van der Waals surface area contributed by atoms with Crippen LogP contribution in [-0.4, -0.2) is 55.9 Å². The third kappa shape index (κ3) is 3.53. The monoisotopic (exact) mass is 250 g/mol. The molecule has 0 saturated carbocycles. The van der Waals surface area contributed by atoms with E-state index >= 15 is 0 Å². The molecule has 18 heavy (non-hydrogen) atoms. The molecule has 0 aromatic carbocycles. The van der Waals surface area contributed by atoms with Gasteiger partial charge in [0, 0.05) is 33.4 Å². The Morgan fingerprint density at radius 2 is 2.06 bits per heavy atom. The minimum atomic E-state index is -0.266. The molecule has 0 aliphatic carbocycles. The average molecular weight is 250 g/mol. The van der Waals surface area contributed by atoms with Crippen LogP contribution in [0.4, 0.5) is 0 Å². The SMILES string of the molecule is CNCCN(C)C(=O)c1ccc(C(=O)NC)nc1. The van der Waals surface area contributed by atoms with Gasteiger partial charge in [0.25, 0.3) is 11.8 Å². The van der Waals surface area contributed by atoms with Crippen molar-refractivity contribution in [3.63, 3.8) is 0 Å². The molecule has 0 aliphatic rings. The molecule has 0 radical (unpaired) electrons. The van der Waals surface area contributed by atoms with Gasteiger partial charge in [0.05, 0.1) is 5.56 Å². The van der Waals surface area contributed by atoms with Crippen LogP contribution < -0.4 is 10.6 Å². The van der Waals surface area contributed by atoms with E-state index in [2.05, 4.69) is 15.6 Å². The molecule has 1 rings (SSSR count).